The van der Waals surface area contributed by atoms with Crippen LogP contribution in [0.5, 0.6) is 0 Å². The maximum atomic E-state index is 4.82. The van der Waals surface area contributed by atoms with Crippen LogP contribution in [0.4, 0.5) is 0 Å². The fraction of sp³-hybridized carbons (Fsp3) is 0.762. The molecule has 0 spiro atoms. The van der Waals surface area contributed by atoms with Gasteiger partial charge in [0.15, 0.2) is 5.96 Å². The molecule has 0 aromatic carbocycles. The van der Waals surface area contributed by atoms with Crippen LogP contribution in [0.15, 0.2) is 23.5 Å². The summed E-state index contributed by atoms with van der Waals surface area (Å²) in [4.78, 5) is 10.1. The molecule has 0 unspecified atom stereocenters. The second-order valence-corrected chi connectivity index (χ2v) is 8.31. The van der Waals surface area contributed by atoms with Gasteiger partial charge in [0.25, 0.3) is 0 Å². The van der Waals surface area contributed by atoms with Crippen LogP contribution in [0.1, 0.15) is 44.6 Å². The molecular formula is C21H38N6. The van der Waals surface area contributed by atoms with Crippen molar-refractivity contribution in [1.29, 1.82) is 0 Å². The molecule has 0 aliphatic carbocycles. The van der Waals surface area contributed by atoms with Crippen LogP contribution in [-0.4, -0.2) is 72.2 Å². The number of aromatic nitrogens is 1. The fourth-order valence-electron chi connectivity index (χ4n) is 4.42. The molecule has 0 bridgehead atoms. The van der Waals surface area contributed by atoms with Crippen molar-refractivity contribution >= 4 is 5.96 Å². The molecule has 6 nitrogen and oxygen atoms in total. The molecule has 1 aromatic rings. The Balaban J connectivity index is 1.65. The van der Waals surface area contributed by atoms with Gasteiger partial charge in [0.1, 0.15) is 0 Å². The topological polar surface area (TPSA) is 47.8 Å². The molecule has 2 aliphatic heterocycles. The molecule has 2 N–H and O–H groups in total. The average molecular weight is 375 g/mol. The van der Waals surface area contributed by atoms with Gasteiger partial charge in [-0.15, -0.1) is 0 Å². The molecule has 1 aromatic heterocycles. The molecule has 0 amide bonds. The molecular weight excluding hydrogens is 336 g/mol. The summed E-state index contributed by atoms with van der Waals surface area (Å²) >= 11 is 0. The monoisotopic (exact) mass is 374 g/mol. The highest BCUT2D eigenvalue weighted by atomic mass is 15.3. The lowest BCUT2D eigenvalue weighted by atomic mass is 9.84. The smallest absolute Gasteiger partial charge is 0.191 e. The maximum Gasteiger partial charge on any atom is 0.191 e. The summed E-state index contributed by atoms with van der Waals surface area (Å²) in [5.41, 5.74) is 1.52. The molecule has 0 radical (unpaired) electrons. The number of likely N-dealkylation sites (tertiary alicyclic amines) is 2. The molecule has 2 saturated heterocycles. The van der Waals surface area contributed by atoms with Gasteiger partial charge in [0.2, 0.25) is 0 Å². The summed E-state index contributed by atoms with van der Waals surface area (Å²) in [6.45, 7) is 9.62. The number of hydrogen-bond donors (Lipinski definition) is 2. The zero-order chi connectivity index (χ0) is 19.1. The summed E-state index contributed by atoms with van der Waals surface area (Å²) in [5.74, 6) is 0.941. The van der Waals surface area contributed by atoms with Crippen LogP contribution in [0.25, 0.3) is 0 Å². The van der Waals surface area contributed by atoms with Crippen molar-refractivity contribution in [3.63, 3.8) is 0 Å². The third-order valence-corrected chi connectivity index (χ3v) is 6.19. The molecule has 0 saturated carbocycles. The van der Waals surface area contributed by atoms with Gasteiger partial charge >= 0.3 is 0 Å². The van der Waals surface area contributed by atoms with Crippen molar-refractivity contribution in [2.24, 2.45) is 12.0 Å². The predicted octanol–water partition coefficient (Wildman–Crippen LogP) is 2.03. The van der Waals surface area contributed by atoms with Crippen molar-refractivity contribution in [3.8, 4) is 0 Å². The minimum atomic E-state index is 0.274. The molecule has 2 aliphatic rings. The van der Waals surface area contributed by atoms with E-state index in [-0.39, 0.29) is 5.54 Å². The minimum absolute atomic E-state index is 0.274. The van der Waals surface area contributed by atoms with Crippen LogP contribution < -0.4 is 10.6 Å². The first kappa shape index (κ1) is 20.2. The largest absolute Gasteiger partial charge is 0.357 e. The zero-order valence-corrected chi connectivity index (χ0v) is 17.5. The fourth-order valence-corrected chi connectivity index (χ4v) is 4.42. The second kappa shape index (κ2) is 9.60. The summed E-state index contributed by atoms with van der Waals surface area (Å²) in [6, 6.07) is 2.14. The number of nitrogens with zero attached hydrogens (tertiary/aromatic N) is 4. The SMILES string of the molecule is CCNC(=NCc1ccn(C)c1)NCC1(N2CCCCC2)CCN(C)CC1. The van der Waals surface area contributed by atoms with Gasteiger partial charge in [-0.25, -0.2) is 4.99 Å². The third kappa shape index (κ3) is 5.48. The lowest BCUT2D eigenvalue weighted by Gasteiger charge is -2.50. The van der Waals surface area contributed by atoms with Gasteiger partial charge in [-0.05, 0) is 77.5 Å². The second-order valence-electron chi connectivity index (χ2n) is 8.31. The first-order chi connectivity index (χ1) is 13.1. The number of guanidine groups is 1. The quantitative estimate of drug-likeness (QED) is 0.591. The minimum Gasteiger partial charge on any atom is -0.357 e. The Kier molecular flexibility index (Phi) is 7.19. The molecule has 3 rings (SSSR count). The molecule has 0 atom stereocenters. The number of nitrogens with one attached hydrogen (secondary N) is 2. The normalized spacial score (nSPS) is 22.0. The first-order valence-electron chi connectivity index (χ1n) is 10.7. The van der Waals surface area contributed by atoms with E-state index in [0.29, 0.717) is 0 Å². The van der Waals surface area contributed by atoms with Crippen molar-refractivity contribution < 1.29 is 0 Å². The summed E-state index contributed by atoms with van der Waals surface area (Å²) < 4.78 is 2.08. The Hall–Kier alpha value is -1.53. The van der Waals surface area contributed by atoms with Crippen LogP contribution in [-0.2, 0) is 13.6 Å². The lowest BCUT2D eigenvalue weighted by molar-refractivity contribution is 0.0173. The molecule has 2 fully saturated rings. The van der Waals surface area contributed by atoms with E-state index < -0.39 is 0 Å². The predicted molar refractivity (Wildman–Crippen MR) is 113 cm³/mol. The van der Waals surface area contributed by atoms with E-state index in [1.807, 2.05) is 0 Å². The Bertz CT molecular complexity index is 594. The summed E-state index contributed by atoms with van der Waals surface area (Å²) in [5, 5.41) is 7.12. The standard InChI is InChI=1S/C21H38N6/c1-4-22-20(23-16-19-8-13-26(3)17-19)24-18-21(9-14-25(2)15-10-21)27-11-6-5-7-12-27/h8,13,17H,4-7,9-12,14-16,18H2,1-3H3,(H2,22,23,24). The molecule has 152 valence electrons. The Labute approximate surface area is 165 Å². The van der Waals surface area contributed by atoms with E-state index in [1.54, 1.807) is 0 Å². The van der Waals surface area contributed by atoms with E-state index in [9.17, 15) is 0 Å². The van der Waals surface area contributed by atoms with Crippen molar-refractivity contribution in [2.45, 2.75) is 51.1 Å². The summed E-state index contributed by atoms with van der Waals surface area (Å²) in [6.07, 6.45) is 10.8. The highest BCUT2D eigenvalue weighted by Crippen LogP contribution is 2.30. The number of aryl methyl sites for hydroxylation is 1. The van der Waals surface area contributed by atoms with E-state index >= 15 is 0 Å². The Morgan fingerprint density at radius 3 is 2.44 bits per heavy atom. The van der Waals surface area contributed by atoms with E-state index in [0.717, 1.165) is 25.6 Å². The highest BCUT2D eigenvalue weighted by molar-refractivity contribution is 5.79. The van der Waals surface area contributed by atoms with Crippen molar-refractivity contribution in [1.82, 2.24) is 25.0 Å². The van der Waals surface area contributed by atoms with E-state index in [2.05, 4.69) is 64.5 Å². The van der Waals surface area contributed by atoms with Gasteiger partial charge in [-0.1, -0.05) is 6.42 Å². The number of rotatable bonds is 6. The molecule has 6 heteroatoms. The Morgan fingerprint density at radius 1 is 1.07 bits per heavy atom. The maximum absolute atomic E-state index is 4.82. The van der Waals surface area contributed by atoms with Crippen molar-refractivity contribution in [2.75, 3.05) is 46.3 Å². The third-order valence-electron chi connectivity index (χ3n) is 6.19. The van der Waals surface area contributed by atoms with Crippen molar-refractivity contribution in [3.05, 3.63) is 24.0 Å². The van der Waals surface area contributed by atoms with Gasteiger partial charge in [-0.2, -0.15) is 0 Å². The number of hydrogen-bond acceptors (Lipinski definition) is 3. The van der Waals surface area contributed by atoms with Gasteiger partial charge in [0, 0.05) is 38.1 Å². The van der Waals surface area contributed by atoms with Crippen LogP contribution in [0, 0.1) is 0 Å². The zero-order valence-electron chi connectivity index (χ0n) is 17.5. The van der Waals surface area contributed by atoms with E-state index in [1.165, 1.54) is 63.8 Å². The molecule has 27 heavy (non-hydrogen) atoms. The first-order valence-corrected chi connectivity index (χ1v) is 10.7. The summed E-state index contributed by atoms with van der Waals surface area (Å²) in [7, 11) is 4.30. The van der Waals surface area contributed by atoms with Gasteiger partial charge < -0.3 is 20.1 Å². The number of aliphatic imine (C=N–C) groups is 1. The van der Waals surface area contributed by atoms with Gasteiger partial charge in [0.05, 0.1) is 6.54 Å². The van der Waals surface area contributed by atoms with Gasteiger partial charge in [-0.3, -0.25) is 4.90 Å². The van der Waals surface area contributed by atoms with Crippen LogP contribution in [0.3, 0.4) is 0 Å². The number of piperidine rings is 2. The van der Waals surface area contributed by atoms with Crippen LogP contribution in [0.2, 0.25) is 0 Å². The average Bonchev–Trinajstić information content (AvgIpc) is 3.11. The lowest BCUT2D eigenvalue weighted by Crippen LogP contribution is -2.62. The highest BCUT2D eigenvalue weighted by Gasteiger charge is 2.39. The van der Waals surface area contributed by atoms with E-state index in [4.69, 9.17) is 4.99 Å². The van der Waals surface area contributed by atoms with Crippen LogP contribution >= 0.6 is 0 Å². The Morgan fingerprint density at radius 2 is 1.81 bits per heavy atom. The molecule has 3 heterocycles.